The Labute approximate surface area is 177 Å². The molecule has 30 heavy (non-hydrogen) atoms. The van der Waals surface area contributed by atoms with Crippen LogP contribution in [0.5, 0.6) is 0 Å². The zero-order valence-corrected chi connectivity index (χ0v) is 18.0. The van der Waals surface area contributed by atoms with Gasteiger partial charge in [-0.3, -0.25) is 14.2 Å². The topological polar surface area (TPSA) is 86.7 Å². The Bertz CT molecular complexity index is 1130. The Morgan fingerprint density at radius 3 is 2.60 bits per heavy atom. The number of carbonyl (C=O) groups excluding carboxylic acids is 1. The maximum Gasteiger partial charge on any atom is 0.436 e. The second-order valence-electron chi connectivity index (χ2n) is 7.13. The monoisotopic (exact) mass is 486 g/mol. The summed E-state index contributed by atoms with van der Waals surface area (Å²) >= 11 is 2.93. The van der Waals surface area contributed by atoms with Gasteiger partial charge in [0.1, 0.15) is 18.6 Å². The van der Waals surface area contributed by atoms with Gasteiger partial charge in [-0.15, -0.1) is 10.2 Å². The highest BCUT2D eigenvalue weighted by Crippen LogP contribution is 2.35. The van der Waals surface area contributed by atoms with Crippen LogP contribution < -0.4 is 0 Å². The van der Waals surface area contributed by atoms with Gasteiger partial charge < -0.3 is 9.47 Å². The van der Waals surface area contributed by atoms with E-state index >= 15 is 0 Å². The van der Waals surface area contributed by atoms with E-state index in [1.807, 2.05) is 7.05 Å². The molecule has 0 saturated carbocycles. The van der Waals surface area contributed by atoms with Crippen molar-refractivity contribution in [1.29, 1.82) is 0 Å². The lowest BCUT2D eigenvalue weighted by atomic mass is 10.0. The Hall–Kier alpha value is -2.70. The van der Waals surface area contributed by atoms with Gasteiger partial charge >= 0.3 is 6.18 Å². The Morgan fingerprint density at radius 2 is 2.00 bits per heavy atom. The summed E-state index contributed by atoms with van der Waals surface area (Å²) in [5, 5.41) is 16.1. The largest absolute Gasteiger partial charge is 0.436 e. The van der Waals surface area contributed by atoms with Crippen LogP contribution in [-0.2, 0) is 44.6 Å². The SMILES string of the molecule is Cc1c(Br)c(C(F)(F)F)nn1CC(=O)N1CCc2c(c(-c3nncn3C)nn2C)C1. The van der Waals surface area contributed by atoms with Crippen molar-refractivity contribution in [2.24, 2.45) is 14.1 Å². The van der Waals surface area contributed by atoms with Crippen molar-refractivity contribution in [2.75, 3.05) is 6.54 Å². The first-order chi connectivity index (χ1) is 14.1. The Morgan fingerprint density at radius 1 is 1.27 bits per heavy atom. The third kappa shape index (κ3) is 3.40. The first-order valence-corrected chi connectivity index (χ1v) is 9.84. The number of alkyl halides is 3. The number of hydrogen-bond acceptors (Lipinski definition) is 5. The van der Waals surface area contributed by atoms with Gasteiger partial charge in [0.2, 0.25) is 5.91 Å². The molecule has 0 spiro atoms. The minimum absolute atomic E-state index is 0.152. The van der Waals surface area contributed by atoms with Crippen LogP contribution in [0.1, 0.15) is 22.6 Å². The number of aromatic nitrogens is 7. The van der Waals surface area contributed by atoms with Crippen LogP contribution in [0.2, 0.25) is 0 Å². The highest BCUT2D eigenvalue weighted by atomic mass is 79.9. The van der Waals surface area contributed by atoms with Gasteiger partial charge in [-0.25, -0.2) is 0 Å². The zero-order valence-electron chi connectivity index (χ0n) is 16.4. The summed E-state index contributed by atoms with van der Waals surface area (Å²) < 4.78 is 43.7. The van der Waals surface area contributed by atoms with Crippen LogP contribution in [0.3, 0.4) is 0 Å². The van der Waals surface area contributed by atoms with Gasteiger partial charge in [-0.05, 0) is 22.9 Å². The molecule has 0 aromatic carbocycles. The molecule has 1 aliphatic heterocycles. The molecule has 3 aromatic heterocycles. The summed E-state index contributed by atoms with van der Waals surface area (Å²) in [6.45, 7) is 1.94. The third-order valence-corrected chi connectivity index (χ3v) is 6.15. The fraction of sp³-hybridized carbons (Fsp3) is 0.471. The number of fused-ring (bicyclic) bond motifs is 1. The minimum atomic E-state index is -4.60. The number of halogens is 4. The quantitative estimate of drug-likeness (QED) is 0.565. The van der Waals surface area contributed by atoms with Crippen molar-refractivity contribution in [3.8, 4) is 11.5 Å². The van der Waals surface area contributed by atoms with Crippen LogP contribution in [0, 0.1) is 6.92 Å². The second kappa shape index (κ2) is 7.22. The van der Waals surface area contributed by atoms with E-state index in [2.05, 4.69) is 36.3 Å². The molecular formula is C17H18BrF3N8O. The van der Waals surface area contributed by atoms with Crippen LogP contribution >= 0.6 is 15.9 Å². The predicted octanol–water partition coefficient (Wildman–Crippen LogP) is 2.09. The molecule has 1 amide bonds. The standard InChI is InChI=1S/C17H18BrF3N8O/c1-9-13(18)15(17(19,20)21)25-29(9)7-12(30)28-5-4-11-10(6-28)14(24-27(11)3)16-23-22-8-26(16)2/h8H,4-7H2,1-3H3. The second-order valence-corrected chi connectivity index (χ2v) is 7.92. The fourth-order valence-corrected chi connectivity index (χ4v) is 4.08. The molecule has 4 heterocycles. The molecule has 0 N–H and O–H groups in total. The van der Waals surface area contributed by atoms with E-state index in [0.717, 1.165) is 15.9 Å². The normalized spacial score (nSPS) is 14.3. The van der Waals surface area contributed by atoms with Gasteiger partial charge in [-0.2, -0.15) is 23.4 Å². The van der Waals surface area contributed by atoms with E-state index in [4.69, 9.17) is 0 Å². The molecule has 0 aliphatic carbocycles. The maximum atomic E-state index is 13.1. The van der Waals surface area contributed by atoms with Crippen molar-refractivity contribution >= 4 is 21.8 Å². The van der Waals surface area contributed by atoms with Gasteiger partial charge in [0.15, 0.2) is 11.5 Å². The Balaban J connectivity index is 1.59. The maximum absolute atomic E-state index is 13.1. The average Bonchev–Trinajstić information content (AvgIpc) is 3.33. The van der Waals surface area contributed by atoms with Crippen molar-refractivity contribution in [1.82, 2.24) is 39.2 Å². The summed E-state index contributed by atoms with van der Waals surface area (Å²) in [6.07, 6.45) is -2.45. The molecule has 9 nitrogen and oxygen atoms in total. The molecule has 0 radical (unpaired) electrons. The van der Waals surface area contributed by atoms with Crippen LogP contribution in [-0.4, -0.2) is 51.7 Å². The molecule has 160 valence electrons. The van der Waals surface area contributed by atoms with E-state index in [0.29, 0.717) is 24.5 Å². The van der Waals surface area contributed by atoms with Crippen molar-refractivity contribution in [2.45, 2.75) is 32.6 Å². The number of amides is 1. The van der Waals surface area contributed by atoms with Gasteiger partial charge in [0.05, 0.1) is 10.2 Å². The molecule has 1 aliphatic rings. The van der Waals surface area contributed by atoms with E-state index in [-0.39, 0.29) is 29.2 Å². The molecule has 3 aromatic rings. The summed E-state index contributed by atoms with van der Waals surface area (Å²) in [4.78, 5) is 14.5. The minimum Gasteiger partial charge on any atom is -0.336 e. The van der Waals surface area contributed by atoms with Crippen LogP contribution in [0.4, 0.5) is 13.2 Å². The zero-order chi connectivity index (χ0) is 21.8. The van der Waals surface area contributed by atoms with E-state index in [1.54, 1.807) is 27.5 Å². The van der Waals surface area contributed by atoms with Gasteiger partial charge in [0.25, 0.3) is 0 Å². The van der Waals surface area contributed by atoms with Crippen molar-refractivity contribution in [3.63, 3.8) is 0 Å². The molecule has 0 saturated heterocycles. The van der Waals surface area contributed by atoms with E-state index in [9.17, 15) is 18.0 Å². The summed E-state index contributed by atoms with van der Waals surface area (Å²) in [5.74, 6) is 0.267. The number of nitrogens with zero attached hydrogens (tertiary/aromatic N) is 8. The summed E-state index contributed by atoms with van der Waals surface area (Å²) in [5.41, 5.74) is 1.71. The summed E-state index contributed by atoms with van der Waals surface area (Å²) in [7, 11) is 3.64. The van der Waals surface area contributed by atoms with E-state index in [1.165, 1.54) is 6.92 Å². The summed E-state index contributed by atoms with van der Waals surface area (Å²) in [6, 6.07) is 0. The molecule has 0 unspecified atom stereocenters. The highest BCUT2D eigenvalue weighted by Gasteiger charge is 2.38. The van der Waals surface area contributed by atoms with E-state index < -0.39 is 11.9 Å². The molecular weight excluding hydrogens is 469 g/mol. The van der Waals surface area contributed by atoms with Crippen LogP contribution in [0.25, 0.3) is 11.5 Å². The third-order valence-electron chi connectivity index (χ3n) is 5.21. The molecule has 0 atom stereocenters. The lowest BCUT2D eigenvalue weighted by molar-refractivity contribution is -0.142. The van der Waals surface area contributed by atoms with Gasteiger partial charge in [-0.1, -0.05) is 0 Å². The molecule has 0 bridgehead atoms. The lowest BCUT2D eigenvalue weighted by Gasteiger charge is -2.27. The van der Waals surface area contributed by atoms with Gasteiger partial charge in [0, 0.05) is 44.9 Å². The predicted molar refractivity (Wildman–Crippen MR) is 102 cm³/mol. The lowest BCUT2D eigenvalue weighted by Crippen LogP contribution is -2.38. The average molecular weight is 487 g/mol. The molecule has 4 rings (SSSR count). The highest BCUT2D eigenvalue weighted by molar-refractivity contribution is 9.10. The van der Waals surface area contributed by atoms with Crippen LogP contribution in [0.15, 0.2) is 10.8 Å². The number of aryl methyl sites for hydroxylation is 2. The Kier molecular flexibility index (Phi) is 4.95. The molecule has 0 fully saturated rings. The number of hydrogen-bond donors (Lipinski definition) is 0. The van der Waals surface area contributed by atoms with Crippen molar-refractivity contribution < 1.29 is 18.0 Å². The molecule has 13 heteroatoms. The first kappa shape index (κ1) is 20.6. The van der Waals surface area contributed by atoms with Crippen molar-refractivity contribution in [3.05, 3.63) is 33.4 Å². The fourth-order valence-electron chi connectivity index (χ4n) is 3.57. The number of carbonyl (C=O) groups is 1. The number of rotatable bonds is 3. The first-order valence-electron chi connectivity index (χ1n) is 9.05. The smallest absolute Gasteiger partial charge is 0.336 e.